The van der Waals surface area contributed by atoms with E-state index in [1.807, 2.05) is 6.92 Å². The van der Waals surface area contributed by atoms with Crippen molar-refractivity contribution >= 4 is 17.4 Å². The number of amides is 2. The Kier molecular flexibility index (Phi) is 5.90. The molecule has 3 rings (SSSR count). The quantitative estimate of drug-likeness (QED) is 0.742. The number of carbonyl (C=O) groups is 2. The molecular formula is C19H24N2O5. The number of hydrogen-bond acceptors (Lipinski definition) is 6. The lowest BCUT2D eigenvalue weighted by Gasteiger charge is -2.28. The number of imide groups is 1. The Morgan fingerprint density at radius 3 is 2.42 bits per heavy atom. The minimum atomic E-state index is -0.635. The lowest BCUT2D eigenvalue weighted by Crippen LogP contribution is -2.43. The molecule has 1 aromatic rings. The Morgan fingerprint density at radius 2 is 1.77 bits per heavy atom. The summed E-state index contributed by atoms with van der Waals surface area (Å²) in [5.74, 6) is -0.886. The Labute approximate surface area is 152 Å². The summed E-state index contributed by atoms with van der Waals surface area (Å²) in [5, 5.41) is 10.2. The average Bonchev–Trinajstić information content (AvgIpc) is 2.88. The van der Waals surface area contributed by atoms with Crippen molar-refractivity contribution in [3.8, 4) is 5.75 Å². The molecule has 140 valence electrons. The number of aliphatic hydroxyl groups excluding tert-OH is 1. The second-order valence-electron chi connectivity index (χ2n) is 6.31. The van der Waals surface area contributed by atoms with Gasteiger partial charge in [0.1, 0.15) is 5.75 Å². The summed E-state index contributed by atoms with van der Waals surface area (Å²) in [4.78, 5) is 28.2. The van der Waals surface area contributed by atoms with E-state index >= 15 is 0 Å². The number of ether oxygens (including phenoxy) is 2. The predicted molar refractivity (Wildman–Crippen MR) is 95.8 cm³/mol. The van der Waals surface area contributed by atoms with Crippen LogP contribution in [-0.4, -0.2) is 72.7 Å². The van der Waals surface area contributed by atoms with Crippen molar-refractivity contribution in [1.29, 1.82) is 0 Å². The normalized spacial score (nSPS) is 18.7. The first-order valence-electron chi connectivity index (χ1n) is 8.94. The first-order chi connectivity index (χ1) is 12.6. The van der Waals surface area contributed by atoms with Gasteiger partial charge in [-0.3, -0.25) is 19.4 Å². The second kappa shape index (κ2) is 8.33. The molecule has 0 unspecified atom stereocenters. The van der Waals surface area contributed by atoms with Crippen LogP contribution in [0.25, 0.3) is 5.57 Å². The summed E-state index contributed by atoms with van der Waals surface area (Å²) in [5.41, 5.74) is 0.567. The van der Waals surface area contributed by atoms with Gasteiger partial charge in [-0.05, 0) is 24.1 Å². The van der Waals surface area contributed by atoms with Gasteiger partial charge in [0.05, 0.1) is 25.4 Å². The van der Waals surface area contributed by atoms with Gasteiger partial charge in [0.2, 0.25) is 0 Å². The Hall–Kier alpha value is -2.38. The zero-order valence-corrected chi connectivity index (χ0v) is 14.9. The molecule has 0 bridgehead atoms. The molecule has 1 saturated heterocycles. The average molecular weight is 360 g/mol. The third-order valence-electron chi connectivity index (χ3n) is 4.50. The molecule has 0 atom stereocenters. The molecule has 0 spiro atoms. The van der Waals surface area contributed by atoms with Gasteiger partial charge >= 0.3 is 0 Å². The van der Waals surface area contributed by atoms with Gasteiger partial charge in [0.15, 0.2) is 5.76 Å². The van der Waals surface area contributed by atoms with Crippen LogP contribution in [0.3, 0.4) is 0 Å². The molecule has 7 nitrogen and oxygen atoms in total. The summed E-state index contributed by atoms with van der Waals surface area (Å²) in [6, 6.07) is 6.85. The minimum absolute atomic E-state index is 0.0546. The molecule has 1 fully saturated rings. The first kappa shape index (κ1) is 18.4. The maximum Gasteiger partial charge on any atom is 0.296 e. The zero-order valence-electron chi connectivity index (χ0n) is 14.9. The van der Waals surface area contributed by atoms with Crippen molar-refractivity contribution in [3.63, 3.8) is 0 Å². The summed E-state index contributed by atoms with van der Waals surface area (Å²) in [6.45, 7) is 6.33. The molecule has 2 heterocycles. The number of morpholine rings is 1. The Morgan fingerprint density at radius 1 is 1.08 bits per heavy atom. The molecule has 26 heavy (non-hydrogen) atoms. The molecule has 7 heteroatoms. The predicted octanol–water partition coefficient (Wildman–Crippen LogP) is 1.45. The molecule has 1 N–H and O–H groups in total. The van der Waals surface area contributed by atoms with E-state index in [9.17, 15) is 14.7 Å². The molecule has 2 aliphatic rings. The number of nitrogens with zero attached hydrogens (tertiary/aromatic N) is 2. The number of rotatable bonds is 7. The third kappa shape index (κ3) is 3.89. The van der Waals surface area contributed by atoms with Gasteiger partial charge in [-0.25, -0.2) is 0 Å². The van der Waals surface area contributed by atoms with Crippen molar-refractivity contribution in [2.75, 3.05) is 46.0 Å². The van der Waals surface area contributed by atoms with Crippen LogP contribution >= 0.6 is 0 Å². The van der Waals surface area contributed by atoms with E-state index in [0.717, 1.165) is 24.4 Å². The number of aliphatic hydroxyl groups is 1. The van der Waals surface area contributed by atoms with Crippen molar-refractivity contribution < 1.29 is 24.2 Å². The molecule has 1 aromatic carbocycles. The van der Waals surface area contributed by atoms with E-state index in [4.69, 9.17) is 9.47 Å². The van der Waals surface area contributed by atoms with Crippen molar-refractivity contribution in [1.82, 2.24) is 9.80 Å². The maximum absolute atomic E-state index is 12.7. The first-order valence-corrected chi connectivity index (χ1v) is 8.94. The maximum atomic E-state index is 12.7. The zero-order chi connectivity index (χ0) is 18.5. The van der Waals surface area contributed by atoms with Gasteiger partial charge in [-0.15, -0.1) is 0 Å². The van der Waals surface area contributed by atoms with Crippen LogP contribution < -0.4 is 4.74 Å². The molecule has 0 radical (unpaired) electrons. The molecule has 0 aliphatic carbocycles. The molecule has 0 aromatic heterocycles. The molecular weight excluding hydrogens is 336 g/mol. The summed E-state index contributed by atoms with van der Waals surface area (Å²) < 4.78 is 10.8. The highest BCUT2D eigenvalue weighted by atomic mass is 16.5. The fraction of sp³-hybridized carbons (Fsp3) is 0.474. The third-order valence-corrected chi connectivity index (χ3v) is 4.50. The van der Waals surface area contributed by atoms with Crippen LogP contribution in [0.5, 0.6) is 5.75 Å². The SMILES string of the molecule is CCCOc1ccc(C2=C(O)C(=O)N(CCN3CCOCC3)C2=O)cc1. The topological polar surface area (TPSA) is 79.3 Å². The van der Waals surface area contributed by atoms with Gasteiger partial charge in [-0.2, -0.15) is 0 Å². The largest absolute Gasteiger partial charge is 0.502 e. The van der Waals surface area contributed by atoms with Crippen LogP contribution in [0.15, 0.2) is 30.0 Å². The second-order valence-corrected chi connectivity index (χ2v) is 6.31. The van der Waals surface area contributed by atoms with Gasteiger partial charge in [-0.1, -0.05) is 19.1 Å². The van der Waals surface area contributed by atoms with Crippen LogP contribution in [-0.2, 0) is 14.3 Å². The van der Waals surface area contributed by atoms with Gasteiger partial charge < -0.3 is 14.6 Å². The van der Waals surface area contributed by atoms with Crippen LogP contribution in [0.2, 0.25) is 0 Å². The van der Waals surface area contributed by atoms with Crippen LogP contribution in [0.4, 0.5) is 0 Å². The van der Waals surface area contributed by atoms with Crippen molar-refractivity contribution in [2.24, 2.45) is 0 Å². The van der Waals surface area contributed by atoms with E-state index in [1.165, 1.54) is 0 Å². The molecule has 2 amide bonds. The van der Waals surface area contributed by atoms with Crippen molar-refractivity contribution in [3.05, 3.63) is 35.6 Å². The number of carbonyl (C=O) groups excluding carboxylic acids is 2. The van der Waals surface area contributed by atoms with Crippen LogP contribution in [0, 0.1) is 0 Å². The van der Waals surface area contributed by atoms with Gasteiger partial charge in [0, 0.05) is 26.2 Å². The highest BCUT2D eigenvalue weighted by molar-refractivity contribution is 6.34. The number of benzene rings is 1. The standard InChI is InChI=1S/C19H24N2O5/c1-2-11-26-15-5-3-14(4-6-15)16-17(22)19(24)21(18(16)23)8-7-20-9-12-25-13-10-20/h3-6,22H,2,7-13H2,1H3. The number of hydrogen-bond donors (Lipinski definition) is 1. The molecule has 2 aliphatic heterocycles. The Balaban J connectivity index is 1.67. The van der Waals surface area contributed by atoms with Crippen LogP contribution in [0.1, 0.15) is 18.9 Å². The van der Waals surface area contributed by atoms with Gasteiger partial charge in [0.25, 0.3) is 11.8 Å². The van der Waals surface area contributed by atoms with Crippen molar-refractivity contribution in [2.45, 2.75) is 13.3 Å². The fourth-order valence-electron chi connectivity index (χ4n) is 3.03. The van der Waals surface area contributed by atoms with E-state index in [2.05, 4.69) is 4.90 Å². The van der Waals surface area contributed by atoms with E-state index in [0.29, 0.717) is 37.7 Å². The molecule has 0 saturated carbocycles. The Bertz CT molecular complexity index is 692. The van der Waals surface area contributed by atoms with E-state index in [-0.39, 0.29) is 12.1 Å². The summed E-state index contributed by atoms with van der Waals surface area (Å²) in [6.07, 6.45) is 0.902. The highest BCUT2D eigenvalue weighted by Gasteiger charge is 2.39. The highest BCUT2D eigenvalue weighted by Crippen LogP contribution is 2.29. The minimum Gasteiger partial charge on any atom is -0.502 e. The summed E-state index contributed by atoms with van der Waals surface area (Å²) in [7, 11) is 0. The fourth-order valence-corrected chi connectivity index (χ4v) is 3.03. The summed E-state index contributed by atoms with van der Waals surface area (Å²) >= 11 is 0. The lowest BCUT2D eigenvalue weighted by molar-refractivity contribution is -0.138. The van der Waals surface area contributed by atoms with E-state index in [1.54, 1.807) is 24.3 Å². The monoisotopic (exact) mass is 360 g/mol. The smallest absolute Gasteiger partial charge is 0.296 e. The lowest BCUT2D eigenvalue weighted by atomic mass is 10.1. The van der Waals surface area contributed by atoms with E-state index < -0.39 is 17.6 Å².